The molecule has 0 saturated carbocycles. The number of cyclic esters (lactones) is 1. The highest BCUT2D eigenvalue weighted by Crippen LogP contribution is 2.26. The second-order valence-electron chi connectivity index (χ2n) is 4.74. The van der Waals surface area contributed by atoms with Gasteiger partial charge in [-0.1, -0.05) is 30.3 Å². The Hall–Kier alpha value is -2.08. The molecule has 2 aromatic rings. The highest BCUT2D eigenvalue weighted by molar-refractivity contribution is 7.89. The summed E-state index contributed by atoms with van der Waals surface area (Å²) in [5, 5.41) is 1.76. The molecular weight excluding hydrogens is 278 g/mol. The highest BCUT2D eigenvalue weighted by atomic mass is 32.2. The van der Waals surface area contributed by atoms with Crippen molar-refractivity contribution in [3.05, 3.63) is 42.5 Å². The Morgan fingerprint density at radius 1 is 1.15 bits per heavy atom. The molecule has 1 heterocycles. The largest absolute Gasteiger partial charge is 0.446 e. The molecule has 1 fully saturated rings. The van der Waals surface area contributed by atoms with Gasteiger partial charge in [-0.05, 0) is 29.8 Å². The number of amides is 1. The molecule has 3 rings (SSSR count). The predicted molar refractivity (Wildman–Crippen MR) is 73.8 cm³/mol. The molecule has 0 spiro atoms. The van der Waals surface area contributed by atoms with Crippen molar-refractivity contribution in [2.45, 2.75) is 17.9 Å². The van der Waals surface area contributed by atoms with Crippen molar-refractivity contribution in [2.75, 3.05) is 6.61 Å². The van der Waals surface area contributed by atoms with E-state index in [1.807, 2.05) is 24.3 Å². The molecule has 0 bridgehead atoms. The van der Waals surface area contributed by atoms with Crippen LogP contribution in [0.15, 0.2) is 47.4 Å². The molecule has 0 N–H and O–H groups in total. The number of nitrogens with zero attached hydrogens (tertiary/aromatic N) is 1. The summed E-state index contributed by atoms with van der Waals surface area (Å²) in [7, 11) is -3.87. The maximum absolute atomic E-state index is 12.5. The number of carbonyl (C=O) groups excluding carboxylic acids is 1. The second kappa shape index (κ2) is 4.49. The van der Waals surface area contributed by atoms with Crippen LogP contribution in [0.25, 0.3) is 10.8 Å². The number of hydrogen-bond donors (Lipinski definition) is 0. The van der Waals surface area contributed by atoms with Crippen LogP contribution in [-0.4, -0.2) is 31.5 Å². The number of ether oxygens (including phenoxy) is 1. The number of rotatable bonds is 2. The molecule has 1 atom stereocenters. The Morgan fingerprint density at radius 2 is 1.85 bits per heavy atom. The predicted octanol–water partition coefficient (Wildman–Crippen LogP) is 2.37. The Kier molecular flexibility index (Phi) is 2.90. The molecule has 20 heavy (non-hydrogen) atoms. The van der Waals surface area contributed by atoms with E-state index in [1.54, 1.807) is 19.1 Å². The molecule has 0 unspecified atom stereocenters. The van der Waals surface area contributed by atoms with Gasteiger partial charge in [0.25, 0.3) is 10.0 Å². The van der Waals surface area contributed by atoms with Gasteiger partial charge in [0.05, 0.1) is 10.9 Å². The summed E-state index contributed by atoms with van der Waals surface area (Å²) in [5.74, 6) is 0. The lowest BCUT2D eigenvalue weighted by Crippen LogP contribution is -2.37. The van der Waals surface area contributed by atoms with E-state index in [1.165, 1.54) is 6.07 Å². The van der Waals surface area contributed by atoms with E-state index in [9.17, 15) is 13.2 Å². The van der Waals surface area contributed by atoms with E-state index in [2.05, 4.69) is 0 Å². The zero-order chi connectivity index (χ0) is 14.3. The topological polar surface area (TPSA) is 63.7 Å². The zero-order valence-corrected chi connectivity index (χ0v) is 11.6. The van der Waals surface area contributed by atoms with Gasteiger partial charge in [-0.2, -0.15) is 4.31 Å². The van der Waals surface area contributed by atoms with Crippen molar-refractivity contribution in [1.29, 1.82) is 0 Å². The van der Waals surface area contributed by atoms with Crippen molar-refractivity contribution < 1.29 is 17.9 Å². The molecule has 1 aliphatic heterocycles. The quantitative estimate of drug-likeness (QED) is 0.852. The van der Waals surface area contributed by atoms with Gasteiger partial charge < -0.3 is 4.74 Å². The maximum atomic E-state index is 12.5. The Bertz CT molecular complexity index is 785. The lowest BCUT2D eigenvalue weighted by molar-refractivity contribution is 0.170. The van der Waals surface area contributed by atoms with Gasteiger partial charge in [-0.3, -0.25) is 0 Å². The van der Waals surface area contributed by atoms with E-state index in [-0.39, 0.29) is 11.5 Å². The molecular formula is C14H13NO4S. The number of sulfonamides is 1. The van der Waals surface area contributed by atoms with Crippen LogP contribution < -0.4 is 0 Å². The van der Waals surface area contributed by atoms with Crippen LogP contribution in [0, 0.1) is 0 Å². The Morgan fingerprint density at radius 3 is 2.50 bits per heavy atom. The molecule has 1 saturated heterocycles. The second-order valence-corrected chi connectivity index (χ2v) is 6.55. The van der Waals surface area contributed by atoms with Crippen molar-refractivity contribution in [3.8, 4) is 0 Å². The number of benzene rings is 2. The number of hydrogen-bond acceptors (Lipinski definition) is 4. The summed E-state index contributed by atoms with van der Waals surface area (Å²) in [6.07, 6.45) is -0.814. The fraction of sp³-hybridized carbons (Fsp3) is 0.214. The lowest BCUT2D eigenvalue weighted by Gasteiger charge is -2.18. The van der Waals surface area contributed by atoms with Crippen LogP contribution >= 0.6 is 0 Å². The smallest absolute Gasteiger partial charge is 0.424 e. The average molecular weight is 291 g/mol. The summed E-state index contributed by atoms with van der Waals surface area (Å²) in [5.41, 5.74) is 0. The molecule has 0 aliphatic carbocycles. The number of fused-ring (bicyclic) bond motifs is 1. The number of carbonyl (C=O) groups is 1. The summed E-state index contributed by atoms with van der Waals surface area (Å²) < 4.78 is 30.6. The third-order valence-corrected chi connectivity index (χ3v) is 5.18. The lowest BCUT2D eigenvalue weighted by atomic mass is 10.1. The van der Waals surface area contributed by atoms with Gasteiger partial charge >= 0.3 is 6.09 Å². The van der Waals surface area contributed by atoms with E-state index in [0.717, 1.165) is 15.1 Å². The van der Waals surface area contributed by atoms with Crippen LogP contribution in [-0.2, 0) is 14.8 Å². The van der Waals surface area contributed by atoms with E-state index < -0.39 is 22.2 Å². The van der Waals surface area contributed by atoms with Crippen LogP contribution in [0.2, 0.25) is 0 Å². The van der Waals surface area contributed by atoms with Gasteiger partial charge in [0.2, 0.25) is 0 Å². The minimum Gasteiger partial charge on any atom is -0.446 e. The molecule has 0 radical (unpaired) electrons. The first-order valence-corrected chi connectivity index (χ1v) is 7.64. The van der Waals surface area contributed by atoms with Gasteiger partial charge in [0.15, 0.2) is 0 Å². The van der Waals surface area contributed by atoms with Crippen LogP contribution in [0.5, 0.6) is 0 Å². The van der Waals surface area contributed by atoms with Crippen molar-refractivity contribution in [2.24, 2.45) is 0 Å². The zero-order valence-electron chi connectivity index (χ0n) is 10.8. The molecule has 1 aliphatic rings. The molecule has 1 amide bonds. The Labute approximate surface area is 116 Å². The van der Waals surface area contributed by atoms with E-state index in [4.69, 9.17) is 4.74 Å². The molecule has 0 aromatic heterocycles. The highest BCUT2D eigenvalue weighted by Gasteiger charge is 2.40. The third kappa shape index (κ3) is 1.92. The first-order valence-electron chi connectivity index (χ1n) is 6.20. The van der Waals surface area contributed by atoms with Gasteiger partial charge in [0, 0.05) is 0 Å². The molecule has 6 heteroatoms. The minimum absolute atomic E-state index is 0.0889. The SMILES string of the molecule is C[C@H]1COC(=O)N1S(=O)(=O)c1ccc2ccccc2c1. The van der Waals surface area contributed by atoms with Crippen LogP contribution in [0.4, 0.5) is 4.79 Å². The van der Waals surface area contributed by atoms with Crippen LogP contribution in [0.1, 0.15) is 6.92 Å². The molecule has 5 nitrogen and oxygen atoms in total. The van der Waals surface area contributed by atoms with Gasteiger partial charge in [0.1, 0.15) is 6.61 Å². The average Bonchev–Trinajstić information content (AvgIpc) is 2.78. The normalized spacial score (nSPS) is 19.4. The first kappa shape index (κ1) is 12.9. The summed E-state index contributed by atoms with van der Waals surface area (Å²) in [6, 6.07) is 11.8. The van der Waals surface area contributed by atoms with Crippen LogP contribution in [0.3, 0.4) is 0 Å². The van der Waals surface area contributed by atoms with E-state index in [0.29, 0.717) is 0 Å². The summed E-state index contributed by atoms with van der Waals surface area (Å²) >= 11 is 0. The van der Waals surface area contributed by atoms with Gasteiger partial charge in [-0.25, -0.2) is 13.2 Å². The maximum Gasteiger partial charge on any atom is 0.424 e. The van der Waals surface area contributed by atoms with Crippen molar-refractivity contribution >= 4 is 26.9 Å². The Balaban J connectivity index is 2.11. The van der Waals surface area contributed by atoms with Crippen molar-refractivity contribution in [1.82, 2.24) is 4.31 Å². The monoisotopic (exact) mass is 291 g/mol. The van der Waals surface area contributed by atoms with Gasteiger partial charge in [-0.15, -0.1) is 0 Å². The summed E-state index contributed by atoms with van der Waals surface area (Å²) in [6.45, 7) is 1.73. The minimum atomic E-state index is -3.87. The van der Waals surface area contributed by atoms with Crippen molar-refractivity contribution in [3.63, 3.8) is 0 Å². The summed E-state index contributed by atoms with van der Waals surface area (Å²) in [4.78, 5) is 11.7. The fourth-order valence-electron chi connectivity index (χ4n) is 2.28. The third-order valence-electron chi connectivity index (χ3n) is 3.31. The van der Waals surface area contributed by atoms with E-state index >= 15 is 0 Å². The molecule has 2 aromatic carbocycles. The first-order chi connectivity index (χ1) is 9.50. The standard InChI is InChI=1S/C14H13NO4S/c1-10-9-19-14(16)15(10)20(17,18)13-7-6-11-4-2-3-5-12(11)8-13/h2-8,10H,9H2,1H3/t10-/m0/s1. The molecule has 104 valence electrons. The fourth-order valence-corrected chi connectivity index (χ4v) is 3.81.